The van der Waals surface area contributed by atoms with Gasteiger partial charge in [-0.3, -0.25) is 4.79 Å². The number of aryl methyl sites for hydroxylation is 1. The van der Waals surface area contributed by atoms with E-state index in [0.29, 0.717) is 0 Å². The number of amides is 1. The molecule has 0 radical (unpaired) electrons. The summed E-state index contributed by atoms with van der Waals surface area (Å²) in [6.07, 6.45) is 2.24. The van der Waals surface area contributed by atoms with E-state index in [-0.39, 0.29) is 5.91 Å². The molecule has 98 valence electrons. The Hall–Kier alpha value is -2.09. The summed E-state index contributed by atoms with van der Waals surface area (Å²) in [4.78, 5) is 11.1. The van der Waals surface area contributed by atoms with Gasteiger partial charge in [-0.2, -0.15) is 0 Å². The Kier molecular flexibility index (Phi) is 4.35. The summed E-state index contributed by atoms with van der Waals surface area (Å²) >= 11 is 0. The molecule has 0 heterocycles. The summed E-state index contributed by atoms with van der Waals surface area (Å²) in [5.41, 5.74) is 4.51. The van der Waals surface area contributed by atoms with E-state index in [1.165, 1.54) is 18.1 Å². The highest BCUT2D eigenvalue weighted by atomic mass is 16.1. The van der Waals surface area contributed by atoms with Gasteiger partial charge in [0.25, 0.3) is 0 Å². The highest BCUT2D eigenvalue weighted by Crippen LogP contribution is 2.24. The van der Waals surface area contributed by atoms with Crippen molar-refractivity contribution in [3.8, 4) is 11.1 Å². The van der Waals surface area contributed by atoms with Gasteiger partial charge >= 0.3 is 0 Å². The fraction of sp³-hybridized carbons (Fsp3) is 0.235. The van der Waals surface area contributed by atoms with Gasteiger partial charge in [0, 0.05) is 12.6 Å². The second kappa shape index (κ2) is 6.19. The Labute approximate surface area is 114 Å². The van der Waals surface area contributed by atoms with Crippen molar-refractivity contribution in [2.45, 2.75) is 26.7 Å². The van der Waals surface area contributed by atoms with Crippen molar-refractivity contribution in [1.29, 1.82) is 0 Å². The number of rotatable bonds is 4. The molecule has 0 atom stereocenters. The predicted octanol–water partition coefficient (Wildman–Crippen LogP) is 4.26. The largest absolute Gasteiger partial charge is 0.326 e. The summed E-state index contributed by atoms with van der Waals surface area (Å²) in [5, 5.41) is 2.82. The van der Waals surface area contributed by atoms with Gasteiger partial charge in [0.05, 0.1) is 0 Å². The van der Waals surface area contributed by atoms with Crippen LogP contribution in [0.5, 0.6) is 0 Å². The molecule has 0 saturated heterocycles. The molecule has 1 N–H and O–H groups in total. The van der Waals surface area contributed by atoms with E-state index in [1.54, 1.807) is 0 Å². The first-order chi connectivity index (χ1) is 9.19. The molecular weight excluding hydrogens is 234 g/mol. The lowest BCUT2D eigenvalue weighted by Crippen LogP contribution is -2.05. The van der Waals surface area contributed by atoms with Crippen LogP contribution in [0.3, 0.4) is 0 Å². The first-order valence-electron chi connectivity index (χ1n) is 6.66. The molecule has 0 spiro atoms. The summed E-state index contributed by atoms with van der Waals surface area (Å²) in [6.45, 7) is 3.71. The Bertz CT molecular complexity index is 575. The van der Waals surface area contributed by atoms with Crippen molar-refractivity contribution in [3.05, 3.63) is 54.1 Å². The SMILES string of the molecule is CCCc1cccc(-c2cccc(NC(C)=O)c2)c1. The van der Waals surface area contributed by atoms with Crippen molar-refractivity contribution in [2.75, 3.05) is 5.32 Å². The van der Waals surface area contributed by atoms with E-state index in [2.05, 4.69) is 42.6 Å². The highest BCUT2D eigenvalue weighted by molar-refractivity contribution is 5.89. The van der Waals surface area contributed by atoms with Gasteiger partial charge in [0.15, 0.2) is 0 Å². The molecule has 0 bridgehead atoms. The standard InChI is InChI=1S/C17H19NO/c1-3-6-14-7-4-8-15(11-14)16-9-5-10-17(12-16)18-13(2)19/h4-5,7-12H,3,6H2,1-2H3,(H,18,19). The third kappa shape index (κ3) is 3.68. The van der Waals surface area contributed by atoms with Crippen LogP contribution < -0.4 is 5.32 Å². The summed E-state index contributed by atoms with van der Waals surface area (Å²) < 4.78 is 0. The fourth-order valence-corrected chi connectivity index (χ4v) is 2.17. The topological polar surface area (TPSA) is 29.1 Å². The third-order valence-electron chi connectivity index (χ3n) is 2.98. The Morgan fingerprint density at radius 1 is 1.05 bits per heavy atom. The molecule has 2 aromatic carbocycles. The van der Waals surface area contributed by atoms with E-state index >= 15 is 0 Å². The summed E-state index contributed by atoms with van der Waals surface area (Å²) in [5.74, 6) is -0.0446. The van der Waals surface area contributed by atoms with Crippen molar-refractivity contribution >= 4 is 11.6 Å². The molecule has 0 unspecified atom stereocenters. The number of carbonyl (C=O) groups is 1. The Balaban J connectivity index is 2.30. The van der Waals surface area contributed by atoms with Crippen LogP contribution in [-0.4, -0.2) is 5.91 Å². The number of hydrogen-bond donors (Lipinski definition) is 1. The van der Waals surface area contributed by atoms with Gasteiger partial charge in [0.1, 0.15) is 0 Å². The second-order valence-electron chi connectivity index (χ2n) is 4.71. The number of carbonyl (C=O) groups excluding carboxylic acids is 1. The van der Waals surface area contributed by atoms with Crippen LogP contribution in [0.15, 0.2) is 48.5 Å². The zero-order valence-corrected chi connectivity index (χ0v) is 11.4. The Morgan fingerprint density at radius 2 is 1.74 bits per heavy atom. The maximum Gasteiger partial charge on any atom is 0.221 e. The van der Waals surface area contributed by atoms with Gasteiger partial charge in [-0.25, -0.2) is 0 Å². The van der Waals surface area contributed by atoms with E-state index in [0.717, 1.165) is 24.1 Å². The Morgan fingerprint density at radius 3 is 2.42 bits per heavy atom. The monoisotopic (exact) mass is 253 g/mol. The van der Waals surface area contributed by atoms with E-state index in [4.69, 9.17) is 0 Å². The molecule has 0 aromatic heterocycles. The first-order valence-corrected chi connectivity index (χ1v) is 6.66. The first kappa shape index (κ1) is 13.3. The van der Waals surface area contributed by atoms with Crippen molar-refractivity contribution in [3.63, 3.8) is 0 Å². The van der Waals surface area contributed by atoms with E-state index < -0.39 is 0 Å². The lowest BCUT2D eigenvalue weighted by molar-refractivity contribution is -0.114. The summed E-state index contributed by atoms with van der Waals surface area (Å²) in [7, 11) is 0. The zero-order chi connectivity index (χ0) is 13.7. The van der Waals surface area contributed by atoms with Crippen molar-refractivity contribution in [1.82, 2.24) is 0 Å². The van der Waals surface area contributed by atoms with Crippen LogP contribution in [0.25, 0.3) is 11.1 Å². The minimum Gasteiger partial charge on any atom is -0.326 e. The molecule has 1 amide bonds. The molecule has 0 aliphatic carbocycles. The fourth-order valence-electron chi connectivity index (χ4n) is 2.17. The van der Waals surface area contributed by atoms with Gasteiger partial charge in [0.2, 0.25) is 5.91 Å². The van der Waals surface area contributed by atoms with Crippen LogP contribution in [-0.2, 0) is 11.2 Å². The molecule has 2 aromatic rings. The average Bonchev–Trinajstić information content (AvgIpc) is 2.39. The third-order valence-corrected chi connectivity index (χ3v) is 2.98. The lowest BCUT2D eigenvalue weighted by Gasteiger charge is -2.07. The van der Waals surface area contributed by atoms with Gasteiger partial charge < -0.3 is 5.32 Å². The normalized spacial score (nSPS) is 10.2. The molecular formula is C17H19NO. The molecule has 2 heteroatoms. The van der Waals surface area contributed by atoms with Gasteiger partial charge in [-0.1, -0.05) is 49.7 Å². The van der Waals surface area contributed by atoms with E-state index in [9.17, 15) is 4.79 Å². The molecule has 0 fully saturated rings. The number of anilines is 1. The average molecular weight is 253 g/mol. The molecule has 0 aliphatic heterocycles. The number of nitrogens with one attached hydrogen (secondary N) is 1. The van der Waals surface area contributed by atoms with Crippen LogP contribution in [0.2, 0.25) is 0 Å². The minimum absolute atomic E-state index is 0.0446. The zero-order valence-electron chi connectivity index (χ0n) is 11.4. The smallest absolute Gasteiger partial charge is 0.221 e. The quantitative estimate of drug-likeness (QED) is 0.866. The molecule has 0 aliphatic rings. The number of benzene rings is 2. The maximum atomic E-state index is 11.1. The van der Waals surface area contributed by atoms with Crippen LogP contribution in [0.4, 0.5) is 5.69 Å². The van der Waals surface area contributed by atoms with E-state index in [1.807, 2.05) is 18.2 Å². The van der Waals surface area contributed by atoms with Gasteiger partial charge in [-0.05, 0) is 35.2 Å². The molecule has 19 heavy (non-hydrogen) atoms. The van der Waals surface area contributed by atoms with Crippen LogP contribution in [0.1, 0.15) is 25.8 Å². The van der Waals surface area contributed by atoms with Crippen LogP contribution >= 0.6 is 0 Å². The predicted molar refractivity (Wildman–Crippen MR) is 80.2 cm³/mol. The van der Waals surface area contributed by atoms with Crippen molar-refractivity contribution < 1.29 is 4.79 Å². The lowest BCUT2D eigenvalue weighted by atomic mass is 10.0. The molecule has 0 saturated carbocycles. The maximum absolute atomic E-state index is 11.1. The minimum atomic E-state index is -0.0446. The second-order valence-corrected chi connectivity index (χ2v) is 4.71. The van der Waals surface area contributed by atoms with Gasteiger partial charge in [-0.15, -0.1) is 0 Å². The number of hydrogen-bond acceptors (Lipinski definition) is 1. The van der Waals surface area contributed by atoms with Crippen LogP contribution in [0, 0.1) is 0 Å². The summed E-state index contributed by atoms with van der Waals surface area (Å²) in [6, 6.07) is 16.5. The highest BCUT2D eigenvalue weighted by Gasteiger charge is 2.01. The van der Waals surface area contributed by atoms with Crippen molar-refractivity contribution in [2.24, 2.45) is 0 Å². The molecule has 2 rings (SSSR count). The molecule has 2 nitrogen and oxygen atoms in total.